The van der Waals surface area contributed by atoms with E-state index < -0.39 is 0 Å². The van der Waals surface area contributed by atoms with Crippen molar-refractivity contribution in [1.82, 2.24) is 25.1 Å². The summed E-state index contributed by atoms with van der Waals surface area (Å²) in [5.74, 6) is 1.26. The zero-order chi connectivity index (χ0) is 17.8. The largest absolute Gasteiger partial charge is 0.437 e. The number of H-pyrrole nitrogens is 1. The number of benzene rings is 1. The van der Waals surface area contributed by atoms with E-state index in [0.29, 0.717) is 18.1 Å². The third-order valence-electron chi connectivity index (χ3n) is 4.48. The Labute approximate surface area is 151 Å². The van der Waals surface area contributed by atoms with Crippen molar-refractivity contribution in [3.63, 3.8) is 0 Å². The van der Waals surface area contributed by atoms with Gasteiger partial charge in [0.05, 0.1) is 0 Å². The first-order chi connectivity index (χ1) is 12.8. The Morgan fingerprint density at radius 3 is 2.77 bits per heavy atom. The van der Waals surface area contributed by atoms with E-state index in [4.69, 9.17) is 4.74 Å². The highest BCUT2D eigenvalue weighted by Crippen LogP contribution is 2.32. The average Bonchev–Trinajstić information content (AvgIpc) is 3.24. The molecule has 0 radical (unpaired) electrons. The molecule has 1 amide bonds. The van der Waals surface area contributed by atoms with E-state index in [1.54, 1.807) is 24.7 Å². The molecule has 1 N–H and O–H groups in total. The Morgan fingerprint density at radius 2 is 1.96 bits per heavy atom. The first-order valence-electron chi connectivity index (χ1n) is 8.64. The van der Waals surface area contributed by atoms with Crippen LogP contribution in [-0.2, 0) is 0 Å². The third-order valence-corrected chi connectivity index (χ3v) is 4.48. The topological polar surface area (TPSA) is 84.0 Å². The SMILES string of the molecule is O=C(c1ccn[nH]1)N1CCCC(c2nccnc2Oc2ccccc2)C1. The predicted octanol–water partition coefficient (Wildman–Crippen LogP) is 3.01. The molecular formula is C19H19N5O2. The fourth-order valence-corrected chi connectivity index (χ4v) is 3.22. The standard InChI is InChI=1S/C19H19N5O2/c25-19(16-8-9-22-23-16)24-12-4-5-14(13-24)17-18(21-11-10-20-17)26-15-6-2-1-3-7-15/h1-3,6-11,14H,4-5,12-13H2,(H,22,23). The van der Waals surface area contributed by atoms with Gasteiger partial charge in [-0.3, -0.25) is 14.9 Å². The van der Waals surface area contributed by atoms with Crippen LogP contribution in [0.5, 0.6) is 11.6 Å². The number of likely N-dealkylation sites (tertiary alicyclic amines) is 1. The Bertz CT molecular complexity index is 867. The summed E-state index contributed by atoms with van der Waals surface area (Å²) in [5.41, 5.74) is 1.30. The molecule has 3 heterocycles. The van der Waals surface area contributed by atoms with Gasteiger partial charge in [0.25, 0.3) is 5.91 Å². The van der Waals surface area contributed by atoms with Crippen LogP contribution in [0.1, 0.15) is 34.9 Å². The van der Waals surface area contributed by atoms with Crippen LogP contribution in [0, 0.1) is 0 Å². The normalized spacial score (nSPS) is 17.1. The summed E-state index contributed by atoms with van der Waals surface area (Å²) in [6, 6.07) is 11.2. The molecule has 1 fully saturated rings. The van der Waals surface area contributed by atoms with E-state index in [0.717, 1.165) is 30.8 Å². The zero-order valence-electron chi connectivity index (χ0n) is 14.2. The van der Waals surface area contributed by atoms with Crippen LogP contribution in [-0.4, -0.2) is 44.1 Å². The second-order valence-electron chi connectivity index (χ2n) is 6.22. The number of carbonyl (C=O) groups is 1. The molecule has 4 rings (SSSR count). The molecule has 0 bridgehead atoms. The number of aromatic nitrogens is 4. The molecule has 7 nitrogen and oxygen atoms in total. The molecular weight excluding hydrogens is 330 g/mol. The fraction of sp³-hybridized carbons (Fsp3) is 0.263. The first kappa shape index (κ1) is 16.3. The molecule has 26 heavy (non-hydrogen) atoms. The van der Waals surface area contributed by atoms with Gasteiger partial charge >= 0.3 is 0 Å². The van der Waals surface area contributed by atoms with E-state index in [9.17, 15) is 4.79 Å². The van der Waals surface area contributed by atoms with Gasteiger partial charge in [-0.2, -0.15) is 5.10 Å². The fourth-order valence-electron chi connectivity index (χ4n) is 3.22. The number of aromatic amines is 1. The summed E-state index contributed by atoms with van der Waals surface area (Å²) in [7, 11) is 0. The minimum absolute atomic E-state index is 0.0402. The molecule has 1 aliphatic heterocycles. The maximum atomic E-state index is 12.6. The van der Waals surface area contributed by atoms with Gasteiger partial charge in [0, 0.05) is 37.6 Å². The molecule has 1 atom stereocenters. The summed E-state index contributed by atoms with van der Waals surface area (Å²) in [6.45, 7) is 1.31. The lowest BCUT2D eigenvalue weighted by Crippen LogP contribution is -2.39. The lowest BCUT2D eigenvalue weighted by atomic mass is 9.94. The van der Waals surface area contributed by atoms with Gasteiger partial charge in [0.2, 0.25) is 5.88 Å². The lowest BCUT2D eigenvalue weighted by molar-refractivity contribution is 0.0698. The van der Waals surface area contributed by atoms with Crippen molar-refractivity contribution >= 4 is 5.91 Å². The van der Waals surface area contributed by atoms with Crippen molar-refractivity contribution in [3.8, 4) is 11.6 Å². The maximum absolute atomic E-state index is 12.6. The zero-order valence-corrected chi connectivity index (χ0v) is 14.2. The second kappa shape index (κ2) is 7.35. The molecule has 0 saturated carbocycles. The van der Waals surface area contributed by atoms with Crippen LogP contribution in [0.15, 0.2) is 55.0 Å². The van der Waals surface area contributed by atoms with Crippen LogP contribution in [0.2, 0.25) is 0 Å². The molecule has 0 spiro atoms. The minimum Gasteiger partial charge on any atom is -0.437 e. The molecule has 1 aliphatic rings. The summed E-state index contributed by atoms with van der Waals surface area (Å²) < 4.78 is 5.94. The highest BCUT2D eigenvalue weighted by atomic mass is 16.5. The van der Waals surface area contributed by atoms with E-state index >= 15 is 0 Å². The number of ether oxygens (including phenoxy) is 1. The van der Waals surface area contributed by atoms with E-state index in [2.05, 4.69) is 20.2 Å². The lowest BCUT2D eigenvalue weighted by Gasteiger charge is -2.32. The summed E-state index contributed by atoms with van der Waals surface area (Å²) in [4.78, 5) is 23.3. The van der Waals surface area contributed by atoms with E-state index in [1.165, 1.54) is 0 Å². The smallest absolute Gasteiger partial charge is 0.271 e. The number of hydrogen-bond acceptors (Lipinski definition) is 5. The van der Waals surface area contributed by atoms with Crippen LogP contribution < -0.4 is 4.74 Å². The molecule has 1 saturated heterocycles. The predicted molar refractivity (Wildman–Crippen MR) is 95.0 cm³/mol. The van der Waals surface area contributed by atoms with Crippen molar-refractivity contribution in [1.29, 1.82) is 0 Å². The van der Waals surface area contributed by atoms with Crippen molar-refractivity contribution < 1.29 is 9.53 Å². The number of carbonyl (C=O) groups excluding carboxylic acids is 1. The number of nitrogens with one attached hydrogen (secondary N) is 1. The first-order valence-corrected chi connectivity index (χ1v) is 8.64. The van der Waals surface area contributed by atoms with Gasteiger partial charge in [0.15, 0.2) is 0 Å². The number of hydrogen-bond donors (Lipinski definition) is 1. The quantitative estimate of drug-likeness (QED) is 0.783. The Hall–Kier alpha value is -3.22. The average molecular weight is 349 g/mol. The highest BCUT2D eigenvalue weighted by Gasteiger charge is 2.29. The third kappa shape index (κ3) is 3.42. The molecule has 3 aromatic rings. The van der Waals surface area contributed by atoms with Crippen molar-refractivity contribution in [2.24, 2.45) is 0 Å². The van der Waals surface area contributed by atoms with Crippen LogP contribution in [0.25, 0.3) is 0 Å². The van der Waals surface area contributed by atoms with Crippen LogP contribution in [0.3, 0.4) is 0 Å². The van der Waals surface area contributed by atoms with Crippen molar-refractivity contribution in [2.75, 3.05) is 13.1 Å². The number of para-hydroxylation sites is 1. The van der Waals surface area contributed by atoms with Crippen molar-refractivity contribution in [2.45, 2.75) is 18.8 Å². The van der Waals surface area contributed by atoms with Gasteiger partial charge in [-0.25, -0.2) is 4.98 Å². The van der Waals surface area contributed by atoms with Gasteiger partial charge in [-0.05, 0) is 31.0 Å². The molecule has 132 valence electrons. The Kier molecular flexibility index (Phi) is 4.59. The minimum atomic E-state index is -0.0402. The van der Waals surface area contributed by atoms with Gasteiger partial charge in [-0.1, -0.05) is 18.2 Å². The Morgan fingerprint density at radius 1 is 1.12 bits per heavy atom. The molecule has 1 unspecified atom stereocenters. The second-order valence-corrected chi connectivity index (χ2v) is 6.22. The highest BCUT2D eigenvalue weighted by molar-refractivity contribution is 5.92. The monoisotopic (exact) mass is 349 g/mol. The van der Waals surface area contributed by atoms with Gasteiger partial charge in [-0.15, -0.1) is 0 Å². The Balaban J connectivity index is 1.54. The molecule has 0 aliphatic carbocycles. The summed E-state index contributed by atoms with van der Waals surface area (Å²) in [6.07, 6.45) is 6.73. The summed E-state index contributed by atoms with van der Waals surface area (Å²) >= 11 is 0. The number of rotatable bonds is 4. The van der Waals surface area contributed by atoms with Gasteiger partial charge in [0.1, 0.15) is 17.1 Å². The van der Waals surface area contributed by atoms with Crippen LogP contribution >= 0.6 is 0 Å². The molecule has 7 heteroatoms. The van der Waals surface area contributed by atoms with Crippen LogP contribution in [0.4, 0.5) is 0 Å². The summed E-state index contributed by atoms with van der Waals surface area (Å²) in [5, 5.41) is 6.60. The van der Waals surface area contributed by atoms with Crippen molar-refractivity contribution in [3.05, 3.63) is 66.4 Å². The number of amides is 1. The molecule has 2 aromatic heterocycles. The van der Waals surface area contributed by atoms with E-state index in [1.807, 2.05) is 35.2 Å². The number of nitrogens with zero attached hydrogens (tertiary/aromatic N) is 4. The maximum Gasteiger partial charge on any atom is 0.271 e. The van der Waals surface area contributed by atoms with Gasteiger partial charge < -0.3 is 9.64 Å². The van der Waals surface area contributed by atoms with E-state index in [-0.39, 0.29) is 11.8 Å². The molecule has 1 aromatic carbocycles. The number of piperidine rings is 1.